The van der Waals surface area contributed by atoms with Gasteiger partial charge in [-0.15, -0.1) is 4.99 Å². The summed E-state index contributed by atoms with van der Waals surface area (Å²) < 4.78 is 10.8. The number of anilines is 2. The van der Waals surface area contributed by atoms with Gasteiger partial charge in [0.15, 0.2) is 0 Å². The molecule has 35 heavy (non-hydrogen) atoms. The Morgan fingerprint density at radius 1 is 0.886 bits per heavy atom. The highest BCUT2D eigenvalue weighted by Gasteiger charge is 2.38. The molecule has 3 aromatic rings. The quantitative estimate of drug-likeness (QED) is 0.435. The van der Waals surface area contributed by atoms with Crippen LogP contribution in [0, 0.1) is 27.7 Å². The summed E-state index contributed by atoms with van der Waals surface area (Å²) in [7, 11) is 1.62. The minimum absolute atomic E-state index is 0.113. The number of benzene rings is 3. The van der Waals surface area contributed by atoms with E-state index in [1.807, 2.05) is 24.3 Å². The summed E-state index contributed by atoms with van der Waals surface area (Å²) in [5.74, 6) is 1.35. The third-order valence-electron chi connectivity index (χ3n) is 6.45. The van der Waals surface area contributed by atoms with Crippen LogP contribution in [-0.2, 0) is 11.3 Å². The number of hydrogen-bond donors (Lipinski definition) is 0. The molecule has 1 unspecified atom stereocenters. The number of amides is 1. The fraction of sp³-hybridized carbons (Fsp3) is 0.310. The number of carbonyl (C=O) groups is 1. The molecule has 0 radical (unpaired) electrons. The third kappa shape index (κ3) is 5.02. The SMILES string of the molecule is COc1ccc(COC(=O)N=C2N(c3c(C)cccc3C)CC(C)N2c2c(C)cccc2C)cc1. The molecule has 1 amide bonds. The Morgan fingerprint density at radius 3 is 1.97 bits per heavy atom. The fourth-order valence-electron chi connectivity index (χ4n) is 4.78. The lowest BCUT2D eigenvalue weighted by atomic mass is 10.1. The number of para-hydroxylation sites is 2. The average molecular weight is 472 g/mol. The van der Waals surface area contributed by atoms with Crippen LogP contribution >= 0.6 is 0 Å². The standard InChI is InChI=1S/C29H33N3O3/c1-19-9-7-10-20(2)26(19)31-17-23(5)32(27-21(3)11-8-12-22(27)4)28(31)30-29(33)35-18-24-13-15-25(34-6)16-14-24/h7-16,23H,17-18H2,1-6H3. The molecule has 1 saturated heterocycles. The summed E-state index contributed by atoms with van der Waals surface area (Å²) in [6, 6.07) is 20.0. The molecule has 1 aliphatic rings. The van der Waals surface area contributed by atoms with Gasteiger partial charge in [0, 0.05) is 17.9 Å². The van der Waals surface area contributed by atoms with E-state index in [0.29, 0.717) is 12.5 Å². The van der Waals surface area contributed by atoms with Crippen LogP contribution in [0.3, 0.4) is 0 Å². The maximum atomic E-state index is 13.0. The first kappa shape index (κ1) is 24.3. The molecule has 0 saturated carbocycles. The zero-order valence-electron chi connectivity index (χ0n) is 21.3. The highest BCUT2D eigenvalue weighted by Crippen LogP contribution is 2.36. The van der Waals surface area contributed by atoms with Crippen LogP contribution < -0.4 is 14.5 Å². The second-order valence-corrected chi connectivity index (χ2v) is 9.12. The van der Waals surface area contributed by atoms with Crippen molar-refractivity contribution in [1.29, 1.82) is 0 Å². The normalized spacial score (nSPS) is 16.6. The van der Waals surface area contributed by atoms with Gasteiger partial charge in [0.25, 0.3) is 0 Å². The predicted octanol–water partition coefficient (Wildman–Crippen LogP) is 6.34. The van der Waals surface area contributed by atoms with Crippen molar-refractivity contribution in [3.05, 3.63) is 88.5 Å². The number of hydrogen-bond acceptors (Lipinski definition) is 3. The number of guanidine groups is 1. The second kappa shape index (κ2) is 10.2. The van der Waals surface area contributed by atoms with Gasteiger partial charge in [-0.25, -0.2) is 4.79 Å². The molecule has 1 atom stereocenters. The number of methoxy groups -OCH3 is 1. The summed E-state index contributed by atoms with van der Waals surface area (Å²) in [5, 5.41) is 0. The summed E-state index contributed by atoms with van der Waals surface area (Å²) in [5.41, 5.74) is 7.58. The Morgan fingerprint density at radius 2 is 1.43 bits per heavy atom. The van der Waals surface area contributed by atoms with Gasteiger partial charge in [-0.1, -0.05) is 48.5 Å². The number of aryl methyl sites for hydroxylation is 4. The highest BCUT2D eigenvalue weighted by atomic mass is 16.5. The van der Waals surface area contributed by atoms with Crippen molar-refractivity contribution in [2.75, 3.05) is 23.5 Å². The van der Waals surface area contributed by atoms with Crippen LogP contribution in [0.5, 0.6) is 5.75 Å². The van der Waals surface area contributed by atoms with E-state index in [1.54, 1.807) is 7.11 Å². The van der Waals surface area contributed by atoms with Gasteiger partial charge in [-0.3, -0.25) is 0 Å². The molecule has 0 bridgehead atoms. The van der Waals surface area contributed by atoms with Crippen molar-refractivity contribution in [3.8, 4) is 5.75 Å². The molecule has 0 spiro atoms. The molecular weight excluding hydrogens is 438 g/mol. The summed E-state index contributed by atoms with van der Waals surface area (Å²) in [6.45, 7) is 11.4. The van der Waals surface area contributed by atoms with E-state index in [9.17, 15) is 4.79 Å². The van der Waals surface area contributed by atoms with Gasteiger partial charge in [-0.2, -0.15) is 0 Å². The maximum Gasteiger partial charge on any atom is 0.437 e. The molecular formula is C29H33N3O3. The van der Waals surface area contributed by atoms with E-state index in [0.717, 1.165) is 44.9 Å². The van der Waals surface area contributed by atoms with Crippen molar-refractivity contribution in [1.82, 2.24) is 0 Å². The molecule has 0 N–H and O–H groups in total. The average Bonchev–Trinajstić information content (AvgIpc) is 3.13. The zero-order chi connectivity index (χ0) is 25.1. The van der Waals surface area contributed by atoms with E-state index in [2.05, 4.69) is 85.8 Å². The van der Waals surface area contributed by atoms with E-state index >= 15 is 0 Å². The smallest absolute Gasteiger partial charge is 0.437 e. The van der Waals surface area contributed by atoms with Crippen molar-refractivity contribution in [2.24, 2.45) is 4.99 Å². The molecule has 6 heteroatoms. The van der Waals surface area contributed by atoms with Gasteiger partial charge < -0.3 is 19.3 Å². The number of rotatable bonds is 5. The first-order valence-corrected chi connectivity index (χ1v) is 11.9. The lowest BCUT2D eigenvalue weighted by Crippen LogP contribution is -2.37. The van der Waals surface area contributed by atoms with Crippen LogP contribution in [0.1, 0.15) is 34.7 Å². The molecule has 4 rings (SSSR count). The van der Waals surface area contributed by atoms with Gasteiger partial charge in [-0.05, 0) is 74.6 Å². The number of carbonyl (C=O) groups excluding carboxylic acids is 1. The van der Waals surface area contributed by atoms with Crippen LogP contribution in [0.15, 0.2) is 65.7 Å². The highest BCUT2D eigenvalue weighted by molar-refractivity contribution is 6.14. The lowest BCUT2D eigenvalue weighted by Gasteiger charge is -2.28. The minimum Gasteiger partial charge on any atom is -0.497 e. The van der Waals surface area contributed by atoms with Crippen LogP contribution in [0.4, 0.5) is 16.2 Å². The first-order valence-electron chi connectivity index (χ1n) is 11.9. The monoisotopic (exact) mass is 471 g/mol. The van der Waals surface area contributed by atoms with Gasteiger partial charge >= 0.3 is 6.09 Å². The molecule has 6 nitrogen and oxygen atoms in total. The Bertz CT molecular complexity index is 1210. The third-order valence-corrected chi connectivity index (χ3v) is 6.45. The van der Waals surface area contributed by atoms with Crippen LogP contribution in [-0.4, -0.2) is 31.7 Å². The molecule has 1 fully saturated rings. The Labute approximate surface area is 207 Å². The maximum absolute atomic E-state index is 13.0. The van der Waals surface area contributed by atoms with Crippen molar-refractivity contribution in [2.45, 2.75) is 47.3 Å². The Kier molecular flexibility index (Phi) is 7.10. The van der Waals surface area contributed by atoms with E-state index in [4.69, 9.17) is 9.47 Å². The number of ether oxygens (including phenoxy) is 2. The molecule has 1 aliphatic heterocycles. The molecule has 182 valence electrons. The van der Waals surface area contributed by atoms with Gasteiger partial charge in [0.1, 0.15) is 12.4 Å². The van der Waals surface area contributed by atoms with E-state index in [1.165, 1.54) is 0 Å². The van der Waals surface area contributed by atoms with Gasteiger partial charge in [0.2, 0.25) is 5.96 Å². The zero-order valence-corrected chi connectivity index (χ0v) is 21.3. The second-order valence-electron chi connectivity index (χ2n) is 9.12. The number of aliphatic imine (C=N–C) groups is 1. The van der Waals surface area contributed by atoms with E-state index < -0.39 is 6.09 Å². The summed E-state index contributed by atoms with van der Waals surface area (Å²) in [6.07, 6.45) is -0.614. The van der Waals surface area contributed by atoms with E-state index in [-0.39, 0.29) is 12.6 Å². The number of nitrogens with zero attached hydrogens (tertiary/aromatic N) is 3. The first-order chi connectivity index (χ1) is 16.8. The van der Waals surface area contributed by atoms with Crippen LogP contribution in [0.2, 0.25) is 0 Å². The van der Waals surface area contributed by atoms with Crippen molar-refractivity contribution in [3.63, 3.8) is 0 Å². The predicted molar refractivity (Wildman–Crippen MR) is 142 cm³/mol. The summed E-state index contributed by atoms with van der Waals surface area (Å²) in [4.78, 5) is 21.9. The molecule has 0 aliphatic carbocycles. The van der Waals surface area contributed by atoms with Gasteiger partial charge in [0.05, 0.1) is 13.2 Å². The largest absolute Gasteiger partial charge is 0.497 e. The molecule has 1 heterocycles. The minimum atomic E-state index is -0.614. The summed E-state index contributed by atoms with van der Waals surface area (Å²) >= 11 is 0. The van der Waals surface area contributed by atoms with Crippen molar-refractivity contribution >= 4 is 23.4 Å². The fourth-order valence-corrected chi connectivity index (χ4v) is 4.78. The Balaban J connectivity index is 1.71. The van der Waals surface area contributed by atoms with Crippen LogP contribution in [0.25, 0.3) is 0 Å². The van der Waals surface area contributed by atoms with Crippen molar-refractivity contribution < 1.29 is 14.3 Å². The Hall–Kier alpha value is -3.80. The lowest BCUT2D eigenvalue weighted by molar-refractivity contribution is 0.150. The molecule has 3 aromatic carbocycles. The molecule has 0 aromatic heterocycles. The topological polar surface area (TPSA) is 54.4 Å².